The largest absolute Gasteiger partial charge is 0.335 e. The van der Waals surface area contributed by atoms with Crippen molar-refractivity contribution in [1.29, 1.82) is 0 Å². The number of nitrogens with zero attached hydrogens (tertiary/aromatic N) is 4. The molecule has 0 N–H and O–H groups in total. The number of benzene rings is 2. The maximum absolute atomic E-state index is 13.2. The van der Waals surface area contributed by atoms with Crippen LogP contribution in [0.25, 0.3) is 20.8 Å². The summed E-state index contributed by atoms with van der Waals surface area (Å²) >= 11 is 3.11. The molecule has 1 aliphatic rings. The minimum atomic E-state index is -0.281. The Labute approximate surface area is 187 Å². The van der Waals surface area contributed by atoms with Crippen molar-refractivity contribution in [1.82, 2.24) is 19.8 Å². The van der Waals surface area contributed by atoms with Crippen LogP contribution in [0.1, 0.15) is 20.4 Å². The van der Waals surface area contributed by atoms with Gasteiger partial charge in [0, 0.05) is 31.7 Å². The molecule has 0 bridgehead atoms. The average Bonchev–Trinajstić information content (AvgIpc) is 3.37. The van der Waals surface area contributed by atoms with E-state index in [-0.39, 0.29) is 11.7 Å². The van der Waals surface area contributed by atoms with Gasteiger partial charge in [-0.1, -0.05) is 12.1 Å². The lowest BCUT2D eigenvalue weighted by Gasteiger charge is -2.34. The summed E-state index contributed by atoms with van der Waals surface area (Å²) in [5.74, 6) is -0.250. The third-order valence-electron chi connectivity index (χ3n) is 5.44. The predicted molar refractivity (Wildman–Crippen MR) is 123 cm³/mol. The van der Waals surface area contributed by atoms with E-state index in [0.717, 1.165) is 46.4 Å². The standard InChI is InChI=1S/C23H21FN4OS2/c1-15-21(31-22(25-15)16-6-8-17(24)9-7-16)23(29)28-12-10-27(11-13-28)14-20-26-18-4-2-3-5-19(18)30-20/h2-9H,10-14H2,1H3. The molecule has 3 heterocycles. The van der Waals surface area contributed by atoms with Crippen molar-refractivity contribution < 1.29 is 9.18 Å². The third-order valence-corrected chi connectivity index (χ3v) is 7.65. The second-order valence-electron chi connectivity index (χ2n) is 7.58. The van der Waals surface area contributed by atoms with Gasteiger partial charge in [0.1, 0.15) is 20.7 Å². The average molecular weight is 453 g/mol. The van der Waals surface area contributed by atoms with E-state index >= 15 is 0 Å². The van der Waals surface area contributed by atoms with Crippen LogP contribution < -0.4 is 0 Å². The van der Waals surface area contributed by atoms with Crippen molar-refractivity contribution in [2.24, 2.45) is 0 Å². The number of carbonyl (C=O) groups is 1. The smallest absolute Gasteiger partial charge is 0.265 e. The van der Waals surface area contributed by atoms with E-state index < -0.39 is 0 Å². The van der Waals surface area contributed by atoms with Gasteiger partial charge in [-0.3, -0.25) is 9.69 Å². The zero-order valence-corrected chi connectivity index (χ0v) is 18.7. The van der Waals surface area contributed by atoms with Crippen molar-refractivity contribution in [3.8, 4) is 10.6 Å². The molecule has 5 rings (SSSR count). The van der Waals surface area contributed by atoms with E-state index in [1.165, 1.54) is 28.2 Å². The van der Waals surface area contributed by atoms with E-state index in [4.69, 9.17) is 4.98 Å². The molecule has 1 fully saturated rings. The molecular weight excluding hydrogens is 431 g/mol. The second kappa shape index (κ2) is 8.45. The molecular formula is C23H21FN4OS2. The molecule has 158 valence electrons. The number of carbonyl (C=O) groups excluding carboxylic acids is 1. The van der Waals surface area contributed by atoms with Crippen molar-refractivity contribution >= 4 is 38.8 Å². The normalized spacial score (nSPS) is 15.0. The van der Waals surface area contributed by atoms with E-state index in [1.807, 2.05) is 30.0 Å². The lowest BCUT2D eigenvalue weighted by atomic mass is 10.2. The Kier molecular flexibility index (Phi) is 5.52. The summed E-state index contributed by atoms with van der Waals surface area (Å²) in [6.07, 6.45) is 0. The fourth-order valence-electron chi connectivity index (χ4n) is 3.74. The van der Waals surface area contributed by atoms with Crippen LogP contribution in [-0.4, -0.2) is 51.9 Å². The molecule has 31 heavy (non-hydrogen) atoms. The van der Waals surface area contributed by atoms with Gasteiger partial charge >= 0.3 is 0 Å². The molecule has 8 heteroatoms. The highest BCUT2D eigenvalue weighted by molar-refractivity contribution is 7.18. The Morgan fingerprint density at radius 1 is 1.00 bits per heavy atom. The van der Waals surface area contributed by atoms with Crippen LogP contribution in [0.3, 0.4) is 0 Å². The number of hydrogen-bond donors (Lipinski definition) is 0. The summed E-state index contributed by atoms with van der Waals surface area (Å²) in [6, 6.07) is 14.4. The number of piperazine rings is 1. The van der Waals surface area contributed by atoms with Crippen LogP contribution in [-0.2, 0) is 6.54 Å². The number of halogens is 1. The van der Waals surface area contributed by atoms with E-state index in [2.05, 4.69) is 16.0 Å². The number of rotatable bonds is 4. The molecule has 0 radical (unpaired) electrons. The minimum absolute atomic E-state index is 0.0306. The monoisotopic (exact) mass is 452 g/mol. The van der Waals surface area contributed by atoms with Gasteiger partial charge in [0.15, 0.2) is 0 Å². The topological polar surface area (TPSA) is 49.3 Å². The van der Waals surface area contributed by atoms with Gasteiger partial charge in [-0.05, 0) is 43.3 Å². The molecule has 0 saturated carbocycles. The molecule has 0 unspecified atom stereocenters. The molecule has 0 spiro atoms. The van der Waals surface area contributed by atoms with E-state index in [0.29, 0.717) is 18.0 Å². The van der Waals surface area contributed by atoms with Crippen molar-refractivity contribution in [3.63, 3.8) is 0 Å². The Balaban J connectivity index is 1.23. The minimum Gasteiger partial charge on any atom is -0.335 e. The molecule has 1 amide bonds. The zero-order valence-electron chi connectivity index (χ0n) is 17.0. The molecule has 0 aliphatic carbocycles. The number of aromatic nitrogens is 2. The van der Waals surface area contributed by atoms with Gasteiger partial charge in [0.05, 0.1) is 22.5 Å². The summed E-state index contributed by atoms with van der Waals surface area (Å²) in [5, 5.41) is 1.86. The maximum Gasteiger partial charge on any atom is 0.265 e. The fraction of sp³-hybridized carbons (Fsp3) is 0.261. The van der Waals surface area contributed by atoms with Crippen molar-refractivity contribution in [2.45, 2.75) is 13.5 Å². The first-order chi connectivity index (χ1) is 15.1. The first-order valence-electron chi connectivity index (χ1n) is 10.2. The Morgan fingerprint density at radius 3 is 2.48 bits per heavy atom. The summed E-state index contributed by atoms with van der Waals surface area (Å²) in [6.45, 7) is 5.70. The van der Waals surface area contributed by atoms with Crippen LogP contribution in [0, 0.1) is 12.7 Å². The number of hydrogen-bond acceptors (Lipinski definition) is 6. The van der Waals surface area contributed by atoms with Gasteiger partial charge in [0.25, 0.3) is 5.91 Å². The van der Waals surface area contributed by atoms with Crippen molar-refractivity contribution in [3.05, 3.63) is 69.9 Å². The number of amides is 1. The molecule has 1 saturated heterocycles. The second-order valence-corrected chi connectivity index (χ2v) is 9.70. The summed E-state index contributed by atoms with van der Waals surface area (Å²) < 4.78 is 14.4. The zero-order chi connectivity index (χ0) is 21.4. The predicted octanol–water partition coefficient (Wildman–Crippen LogP) is 4.83. The summed E-state index contributed by atoms with van der Waals surface area (Å²) in [5.41, 5.74) is 2.61. The Morgan fingerprint density at radius 2 is 1.74 bits per heavy atom. The molecule has 5 nitrogen and oxygen atoms in total. The Hall–Kier alpha value is -2.68. The van der Waals surface area contributed by atoms with E-state index in [9.17, 15) is 9.18 Å². The molecule has 4 aromatic rings. The van der Waals surface area contributed by atoms with Crippen LogP contribution in [0.4, 0.5) is 4.39 Å². The lowest BCUT2D eigenvalue weighted by Crippen LogP contribution is -2.48. The lowest BCUT2D eigenvalue weighted by molar-refractivity contribution is 0.0632. The molecule has 2 aromatic heterocycles. The van der Waals surface area contributed by atoms with Crippen LogP contribution in [0.2, 0.25) is 0 Å². The number of aryl methyl sites for hydroxylation is 1. The number of thiazole rings is 2. The van der Waals surface area contributed by atoms with Gasteiger partial charge in [-0.25, -0.2) is 14.4 Å². The molecule has 2 aromatic carbocycles. The Bertz CT molecular complexity index is 1190. The summed E-state index contributed by atoms with van der Waals surface area (Å²) in [7, 11) is 0. The van der Waals surface area contributed by atoms with Crippen LogP contribution in [0.15, 0.2) is 48.5 Å². The molecule has 1 aliphatic heterocycles. The highest BCUT2D eigenvalue weighted by Gasteiger charge is 2.26. The fourth-order valence-corrected chi connectivity index (χ4v) is 5.79. The van der Waals surface area contributed by atoms with Gasteiger partial charge in [-0.2, -0.15) is 0 Å². The van der Waals surface area contributed by atoms with Gasteiger partial charge in [0.2, 0.25) is 0 Å². The quantitative estimate of drug-likeness (QED) is 0.445. The first kappa shape index (κ1) is 20.2. The van der Waals surface area contributed by atoms with E-state index in [1.54, 1.807) is 23.5 Å². The summed E-state index contributed by atoms with van der Waals surface area (Å²) in [4.78, 5) is 27.3. The SMILES string of the molecule is Cc1nc(-c2ccc(F)cc2)sc1C(=O)N1CCN(Cc2nc3ccccc3s2)CC1. The van der Waals surface area contributed by atoms with Crippen LogP contribution in [0.5, 0.6) is 0 Å². The van der Waals surface area contributed by atoms with Gasteiger partial charge < -0.3 is 4.90 Å². The number of fused-ring (bicyclic) bond motifs is 1. The first-order valence-corrected chi connectivity index (χ1v) is 11.8. The third kappa shape index (κ3) is 4.23. The molecule has 0 atom stereocenters. The van der Waals surface area contributed by atoms with Crippen LogP contribution >= 0.6 is 22.7 Å². The maximum atomic E-state index is 13.2. The highest BCUT2D eigenvalue weighted by Crippen LogP contribution is 2.29. The van der Waals surface area contributed by atoms with Gasteiger partial charge in [-0.15, -0.1) is 22.7 Å². The van der Waals surface area contributed by atoms with Crippen molar-refractivity contribution in [2.75, 3.05) is 26.2 Å². The number of para-hydroxylation sites is 1. The highest BCUT2D eigenvalue weighted by atomic mass is 32.1.